The smallest absolute Gasteiger partial charge is 0.240 e. The van der Waals surface area contributed by atoms with Crippen molar-refractivity contribution in [3.05, 3.63) is 28.8 Å². The van der Waals surface area contributed by atoms with Gasteiger partial charge in [0.2, 0.25) is 11.7 Å². The number of pyridine rings is 1. The van der Waals surface area contributed by atoms with Crippen LogP contribution in [0.3, 0.4) is 0 Å². The van der Waals surface area contributed by atoms with Gasteiger partial charge in [0.1, 0.15) is 0 Å². The number of hydrogen-bond acceptors (Lipinski definition) is 5. The van der Waals surface area contributed by atoms with Gasteiger partial charge in [-0.2, -0.15) is 4.98 Å². The fourth-order valence-corrected chi connectivity index (χ4v) is 2.70. The highest BCUT2D eigenvalue weighted by molar-refractivity contribution is 9.10. The minimum Gasteiger partial charge on any atom is -0.338 e. The summed E-state index contributed by atoms with van der Waals surface area (Å²) in [6.45, 7) is 0.638. The van der Waals surface area contributed by atoms with Crippen molar-refractivity contribution in [2.75, 3.05) is 0 Å². The molecule has 3 rings (SSSR count). The standard InChI is InChI=1S/C13H15BrN4O/c14-10-5-9(6-15-7-10)13-17-12(19-18-13)8-16-11-3-1-2-4-11/h5-7,11,16H,1-4,8H2. The summed E-state index contributed by atoms with van der Waals surface area (Å²) >= 11 is 3.38. The Bertz CT molecular complexity index is 551. The molecule has 2 aromatic heterocycles. The van der Waals surface area contributed by atoms with Crippen molar-refractivity contribution in [1.29, 1.82) is 0 Å². The van der Waals surface area contributed by atoms with Crippen LogP contribution in [0.1, 0.15) is 31.6 Å². The second-order valence-corrected chi connectivity index (χ2v) is 5.68. The number of halogens is 1. The van der Waals surface area contributed by atoms with Gasteiger partial charge in [-0.05, 0) is 34.8 Å². The molecule has 0 saturated heterocycles. The lowest BCUT2D eigenvalue weighted by Gasteiger charge is -2.08. The van der Waals surface area contributed by atoms with E-state index in [1.165, 1.54) is 25.7 Å². The second kappa shape index (κ2) is 5.79. The molecule has 0 spiro atoms. The highest BCUT2D eigenvalue weighted by Gasteiger charge is 2.16. The largest absolute Gasteiger partial charge is 0.338 e. The quantitative estimate of drug-likeness (QED) is 0.937. The first-order chi connectivity index (χ1) is 9.31. The molecule has 1 aliphatic carbocycles. The van der Waals surface area contributed by atoms with Crippen molar-refractivity contribution in [2.24, 2.45) is 0 Å². The Kier molecular flexibility index (Phi) is 3.89. The number of hydrogen-bond donors (Lipinski definition) is 1. The highest BCUT2D eigenvalue weighted by atomic mass is 79.9. The van der Waals surface area contributed by atoms with Crippen LogP contribution in [-0.4, -0.2) is 21.2 Å². The number of aromatic nitrogens is 3. The first-order valence-corrected chi connectivity index (χ1v) is 7.27. The summed E-state index contributed by atoms with van der Waals surface area (Å²) in [4.78, 5) is 8.48. The van der Waals surface area contributed by atoms with Gasteiger partial charge in [-0.1, -0.05) is 18.0 Å². The zero-order chi connectivity index (χ0) is 13.1. The van der Waals surface area contributed by atoms with Crippen molar-refractivity contribution >= 4 is 15.9 Å². The van der Waals surface area contributed by atoms with E-state index in [1.807, 2.05) is 6.07 Å². The molecule has 0 aliphatic heterocycles. The molecule has 0 bridgehead atoms. The maximum absolute atomic E-state index is 5.25. The van der Waals surface area contributed by atoms with Crippen LogP contribution in [0.25, 0.3) is 11.4 Å². The molecule has 19 heavy (non-hydrogen) atoms. The summed E-state index contributed by atoms with van der Waals surface area (Å²) in [6, 6.07) is 2.52. The molecule has 1 N–H and O–H groups in total. The van der Waals surface area contributed by atoms with E-state index in [0.717, 1.165) is 10.0 Å². The molecule has 1 saturated carbocycles. The first kappa shape index (κ1) is 12.7. The first-order valence-electron chi connectivity index (χ1n) is 6.48. The zero-order valence-electron chi connectivity index (χ0n) is 10.5. The van der Waals surface area contributed by atoms with Gasteiger partial charge in [0.15, 0.2) is 0 Å². The normalized spacial score (nSPS) is 16.1. The van der Waals surface area contributed by atoms with Gasteiger partial charge in [-0.3, -0.25) is 4.98 Å². The van der Waals surface area contributed by atoms with Gasteiger partial charge in [0.05, 0.1) is 6.54 Å². The van der Waals surface area contributed by atoms with Crippen LogP contribution in [0.5, 0.6) is 0 Å². The fraction of sp³-hybridized carbons (Fsp3) is 0.462. The lowest BCUT2D eigenvalue weighted by atomic mass is 10.2. The summed E-state index contributed by atoms with van der Waals surface area (Å²) in [5.41, 5.74) is 0.852. The fourth-order valence-electron chi connectivity index (χ4n) is 2.34. The number of nitrogens with zero attached hydrogens (tertiary/aromatic N) is 3. The van der Waals surface area contributed by atoms with Gasteiger partial charge in [0.25, 0.3) is 0 Å². The Morgan fingerprint density at radius 3 is 2.95 bits per heavy atom. The topological polar surface area (TPSA) is 63.8 Å². The van der Waals surface area contributed by atoms with Crippen molar-refractivity contribution in [1.82, 2.24) is 20.4 Å². The van der Waals surface area contributed by atoms with Crippen LogP contribution >= 0.6 is 15.9 Å². The van der Waals surface area contributed by atoms with Crippen LogP contribution in [-0.2, 0) is 6.54 Å². The van der Waals surface area contributed by atoms with Crippen LogP contribution in [0.4, 0.5) is 0 Å². The van der Waals surface area contributed by atoms with Gasteiger partial charge in [0, 0.05) is 28.5 Å². The second-order valence-electron chi connectivity index (χ2n) is 4.77. The van der Waals surface area contributed by atoms with E-state index in [-0.39, 0.29) is 0 Å². The molecule has 0 atom stereocenters. The van der Waals surface area contributed by atoms with Gasteiger partial charge < -0.3 is 9.84 Å². The van der Waals surface area contributed by atoms with Gasteiger partial charge in [-0.15, -0.1) is 0 Å². The third-order valence-electron chi connectivity index (χ3n) is 3.33. The van der Waals surface area contributed by atoms with E-state index >= 15 is 0 Å². The predicted octanol–water partition coefficient (Wildman–Crippen LogP) is 2.93. The molecule has 0 amide bonds. The third-order valence-corrected chi connectivity index (χ3v) is 3.76. The maximum Gasteiger partial charge on any atom is 0.240 e. The molecule has 0 radical (unpaired) electrons. The lowest BCUT2D eigenvalue weighted by molar-refractivity contribution is 0.357. The highest BCUT2D eigenvalue weighted by Crippen LogP contribution is 2.20. The molecule has 5 nitrogen and oxygen atoms in total. The van der Waals surface area contributed by atoms with Gasteiger partial charge >= 0.3 is 0 Å². The molecule has 2 heterocycles. The Morgan fingerprint density at radius 2 is 2.16 bits per heavy atom. The van der Waals surface area contributed by atoms with Crippen LogP contribution in [0.2, 0.25) is 0 Å². The minimum atomic E-state index is 0.581. The number of nitrogens with one attached hydrogen (secondary N) is 1. The average molecular weight is 323 g/mol. The van der Waals surface area contributed by atoms with E-state index < -0.39 is 0 Å². The molecule has 6 heteroatoms. The van der Waals surface area contributed by atoms with Crippen LogP contribution in [0.15, 0.2) is 27.5 Å². The Morgan fingerprint density at radius 1 is 1.32 bits per heavy atom. The third kappa shape index (κ3) is 3.19. The van der Waals surface area contributed by atoms with E-state index in [2.05, 4.69) is 36.4 Å². The molecule has 0 unspecified atom stereocenters. The Labute approximate surface area is 119 Å². The SMILES string of the molecule is Brc1cncc(-c2noc(CNC3CCCC3)n2)c1. The summed E-state index contributed by atoms with van der Waals surface area (Å²) in [7, 11) is 0. The van der Waals surface area contributed by atoms with E-state index in [9.17, 15) is 0 Å². The predicted molar refractivity (Wildman–Crippen MR) is 74.3 cm³/mol. The average Bonchev–Trinajstić information content (AvgIpc) is 3.08. The summed E-state index contributed by atoms with van der Waals surface area (Å²) in [5, 5.41) is 7.44. The molecular formula is C13H15BrN4O. The molecule has 0 aromatic carbocycles. The van der Waals surface area contributed by atoms with Gasteiger partial charge in [-0.25, -0.2) is 0 Å². The van der Waals surface area contributed by atoms with Crippen molar-refractivity contribution < 1.29 is 4.52 Å². The molecule has 1 aliphatic rings. The Hall–Kier alpha value is -1.27. The summed E-state index contributed by atoms with van der Waals surface area (Å²) < 4.78 is 6.16. The van der Waals surface area contributed by atoms with Crippen LogP contribution in [0, 0.1) is 0 Å². The number of rotatable bonds is 4. The van der Waals surface area contributed by atoms with Crippen molar-refractivity contribution in [2.45, 2.75) is 38.3 Å². The molecule has 1 fully saturated rings. The molecule has 2 aromatic rings. The van der Waals surface area contributed by atoms with E-state index in [1.54, 1.807) is 12.4 Å². The van der Waals surface area contributed by atoms with E-state index in [0.29, 0.717) is 24.3 Å². The molecular weight excluding hydrogens is 308 g/mol. The van der Waals surface area contributed by atoms with Crippen LogP contribution < -0.4 is 5.32 Å². The lowest BCUT2D eigenvalue weighted by Crippen LogP contribution is -2.25. The van der Waals surface area contributed by atoms with Crippen molar-refractivity contribution in [3.63, 3.8) is 0 Å². The minimum absolute atomic E-state index is 0.581. The maximum atomic E-state index is 5.25. The summed E-state index contributed by atoms with van der Waals surface area (Å²) in [5.74, 6) is 1.21. The van der Waals surface area contributed by atoms with Crippen molar-refractivity contribution in [3.8, 4) is 11.4 Å². The summed E-state index contributed by atoms with van der Waals surface area (Å²) in [6.07, 6.45) is 8.58. The molecule has 100 valence electrons. The Balaban J connectivity index is 1.65. The monoisotopic (exact) mass is 322 g/mol. The zero-order valence-corrected chi connectivity index (χ0v) is 12.1. The van der Waals surface area contributed by atoms with E-state index in [4.69, 9.17) is 4.52 Å².